The van der Waals surface area contributed by atoms with Crippen molar-refractivity contribution in [2.75, 3.05) is 11.9 Å². The largest absolute Gasteiger partial charge is 0.369 e. The quantitative estimate of drug-likeness (QED) is 0.790. The minimum absolute atomic E-state index is 0.113. The van der Waals surface area contributed by atoms with E-state index in [1.165, 1.54) is 12.8 Å². The molecule has 1 saturated carbocycles. The molecule has 0 aliphatic heterocycles. The van der Waals surface area contributed by atoms with Gasteiger partial charge in [0.05, 0.1) is 0 Å². The Balaban J connectivity index is 1.82. The summed E-state index contributed by atoms with van der Waals surface area (Å²) in [6.07, 6.45) is 4.50. The zero-order valence-corrected chi connectivity index (χ0v) is 11.6. The molecular formula is C14H22N4O. The Kier molecular flexibility index (Phi) is 4.71. The van der Waals surface area contributed by atoms with Crippen LogP contribution in [0.15, 0.2) is 12.1 Å². The Bertz CT molecular complexity index is 418. The zero-order chi connectivity index (χ0) is 13.7. The first-order chi connectivity index (χ1) is 9.24. The van der Waals surface area contributed by atoms with Gasteiger partial charge in [-0.1, -0.05) is 20.3 Å². The van der Waals surface area contributed by atoms with Crippen molar-refractivity contribution in [3.8, 4) is 0 Å². The first-order valence-electron chi connectivity index (χ1n) is 7.13. The number of hydrogen-bond acceptors (Lipinski definition) is 4. The van der Waals surface area contributed by atoms with E-state index in [2.05, 4.69) is 34.7 Å². The maximum atomic E-state index is 11.9. The highest BCUT2D eigenvalue weighted by molar-refractivity contribution is 5.92. The van der Waals surface area contributed by atoms with Gasteiger partial charge in [-0.3, -0.25) is 4.79 Å². The number of nitrogens with zero attached hydrogens (tertiary/aromatic N) is 2. The Morgan fingerprint density at radius 3 is 2.79 bits per heavy atom. The lowest BCUT2D eigenvalue weighted by Gasteiger charge is -2.05. The molecule has 1 aromatic heterocycles. The molecule has 1 aliphatic carbocycles. The third-order valence-electron chi connectivity index (χ3n) is 3.35. The lowest BCUT2D eigenvalue weighted by Crippen LogP contribution is -2.28. The van der Waals surface area contributed by atoms with Crippen LogP contribution in [-0.4, -0.2) is 28.7 Å². The normalized spacial score (nSPS) is 20.9. The second-order valence-corrected chi connectivity index (χ2v) is 5.10. The lowest BCUT2D eigenvalue weighted by molar-refractivity contribution is 0.0943. The number of nitrogens with one attached hydrogen (secondary N) is 2. The van der Waals surface area contributed by atoms with E-state index in [1.54, 1.807) is 12.1 Å². The van der Waals surface area contributed by atoms with Crippen LogP contribution in [0.25, 0.3) is 0 Å². The fourth-order valence-corrected chi connectivity index (χ4v) is 2.16. The van der Waals surface area contributed by atoms with Gasteiger partial charge in [0.1, 0.15) is 5.82 Å². The Morgan fingerprint density at radius 2 is 2.16 bits per heavy atom. The summed E-state index contributed by atoms with van der Waals surface area (Å²) in [5.41, 5.74) is 0.393. The number of carbonyl (C=O) groups is 1. The zero-order valence-electron chi connectivity index (χ0n) is 11.6. The monoisotopic (exact) mass is 262 g/mol. The number of hydrogen-bond donors (Lipinski definition) is 2. The van der Waals surface area contributed by atoms with Gasteiger partial charge in [0.15, 0.2) is 5.69 Å². The van der Waals surface area contributed by atoms with Gasteiger partial charge in [-0.05, 0) is 37.3 Å². The average molecular weight is 262 g/mol. The third kappa shape index (κ3) is 3.91. The molecule has 2 unspecified atom stereocenters. The van der Waals surface area contributed by atoms with Crippen molar-refractivity contribution in [2.24, 2.45) is 5.92 Å². The third-order valence-corrected chi connectivity index (χ3v) is 3.35. The molecule has 19 heavy (non-hydrogen) atoms. The van der Waals surface area contributed by atoms with Crippen molar-refractivity contribution in [2.45, 2.75) is 45.6 Å². The molecule has 104 valence electrons. The van der Waals surface area contributed by atoms with Crippen LogP contribution in [0.3, 0.4) is 0 Å². The molecule has 2 rings (SSSR count). The molecular weight excluding hydrogens is 240 g/mol. The van der Waals surface area contributed by atoms with Gasteiger partial charge in [0, 0.05) is 12.6 Å². The van der Waals surface area contributed by atoms with Crippen molar-refractivity contribution in [1.82, 2.24) is 15.5 Å². The lowest BCUT2D eigenvalue weighted by atomic mass is 10.2. The summed E-state index contributed by atoms with van der Waals surface area (Å²) in [6, 6.07) is 3.86. The molecule has 1 aliphatic rings. The van der Waals surface area contributed by atoms with Gasteiger partial charge in [0.2, 0.25) is 0 Å². The number of anilines is 1. The fraction of sp³-hybridized carbons (Fsp3) is 0.643. The fourth-order valence-electron chi connectivity index (χ4n) is 2.16. The molecule has 0 saturated heterocycles. The minimum atomic E-state index is -0.113. The van der Waals surface area contributed by atoms with Gasteiger partial charge in [-0.2, -0.15) is 0 Å². The molecule has 1 heterocycles. The van der Waals surface area contributed by atoms with Crippen LogP contribution in [0.1, 0.15) is 50.0 Å². The number of amides is 1. The molecule has 5 nitrogen and oxygen atoms in total. The summed E-state index contributed by atoms with van der Waals surface area (Å²) in [7, 11) is 0. The molecule has 1 amide bonds. The molecule has 0 spiro atoms. The molecule has 1 fully saturated rings. The molecule has 1 aromatic rings. The van der Waals surface area contributed by atoms with Gasteiger partial charge in [0.25, 0.3) is 5.91 Å². The van der Waals surface area contributed by atoms with Gasteiger partial charge in [-0.15, -0.1) is 10.2 Å². The van der Waals surface area contributed by atoms with Crippen molar-refractivity contribution in [3.63, 3.8) is 0 Å². The summed E-state index contributed by atoms with van der Waals surface area (Å²) >= 11 is 0. The topological polar surface area (TPSA) is 66.9 Å². The van der Waals surface area contributed by atoms with E-state index in [9.17, 15) is 4.79 Å². The summed E-state index contributed by atoms with van der Waals surface area (Å²) in [5, 5.41) is 14.1. The summed E-state index contributed by atoms with van der Waals surface area (Å²) in [4.78, 5) is 11.9. The Morgan fingerprint density at radius 1 is 1.32 bits per heavy atom. The summed E-state index contributed by atoms with van der Waals surface area (Å²) in [6.45, 7) is 5.12. The Hall–Kier alpha value is -1.65. The molecule has 2 atom stereocenters. The van der Waals surface area contributed by atoms with Crippen molar-refractivity contribution in [3.05, 3.63) is 17.8 Å². The average Bonchev–Trinajstić information content (AvgIpc) is 3.15. The van der Waals surface area contributed by atoms with Gasteiger partial charge < -0.3 is 10.6 Å². The van der Waals surface area contributed by atoms with Gasteiger partial charge in [-0.25, -0.2) is 0 Å². The summed E-state index contributed by atoms with van der Waals surface area (Å²) in [5.74, 6) is 1.26. The van der Waals surface area contributed by atoms with Crippen LogP contribution in [0.5, 0.6) is 0 Å². The molecule has 2 N–H and O–H groups in total. The maximum Gasteiger partial charge on any atom is 0.272 e. The van der Waals surface area contributed by atoms with Crippen LogP contribution in [0, 0.1) is 5.92 Å². The second-order valence-electron chi connectivity index (χ2n) is 5.10. The van der Waals surface area contributed by atoms with Crippen LogP contribution in [0.2, 0.25) is 0 Å². The standard InChI is InChI=1S/C14H22N4O/c1-3-5-10-9-12(10)16-14(19)11-6-7-13(18-17-11)15-8-4-2/h6-7,10,12H,3-5,8-9H2,1-2H3,(H,15,18)(H,16,19). The van der Waals surface area contributed by atoms with E-state index in [1.807, 2.05) is 0 Å². The van der Waals surface area contributed by atoms with Crippen LogP contribution >= 0.6 is 0 Å². The van der Waals surface area contributed by atoms with Crippen molar-refractivity contribution in [1.29, 1.82) is 0 Å². The highest BCUT2D eigenvalue weighted by Gasteiger charge is 2.37. The molecule has 5 heteroatoms. The second kappa shape index (κ2) is 6.50. The highest BCUT2D eigenvalue weighted by atomic mass is 16.2. The summed E-state index contributed by atoms with van der Waals surface area (Å²) < 4.78 is 0. The predicted octanol–water partition coefficient (Wildman–Crippen LogP) is 2.22. The number of rotatable bonds is 7. The van der Waals surface area contributed by atoms with E-state index >= 15 is 0 Å². The molecule has 0 aromatic carbocycles. The Labute approximate surface area is 114 Å². The first-order valence-corrected chi connectivity index (χ1v) is 7.13. The smallest absolute Gasteiger partial charge is 0.272 e. The highest BCUT2D eigenvalue weighted by Crippen LogP contribution is 2.34. The predicted molar refractivity (Wildman–Crippen MR) is 75.1 cm³/mol. The maximum absolute atomic E-state index is 11.9. The van der Waals surface area contributed by atoms with E-state index in [0.29, 0.717) is 23.5 Å². The van der Waals surface area contributed by atoms with Crippen LogP contribution in [-0.2, 0) is 0 Å². The SMILES string of the molecule is CCCNc1ccc(C(=O)NC2CC2CCC)nn1. The van der Waals surface area contributed by atoms with Crippen molar-refractivity contribution < 1.29 is 4.79 Å². The van der Waals surface area contributed by atoms with E-state index in [-0.39, 0.29) is 5.91 Å². The van der Waals surface area contributed by atoms with E-state index < -0.39 is 0 Å². The van der Waals surface area contributed by atoms with E-state index in [4.69, 9.17) is 0 Å². The van der Waals surface area contributed by atoms with Crippen LogP contribution in [0.4, 0.5) is 5.82 Å². The minimum Gasteiger partial charge on any atom is -0.369 e. The number of aromatic nitrogens is 2. The van der Waals surface area contributed by atoms with Crippen molar-refractivity contribution >= 4 is 11.7 Å². The van der Waals surface area contributed by atoms with Crippen LogP contribution < -0.4 is 10.6 Å². The number of carbonyl (C=O) groups excluding carboxylic acids is 1. The molecule has 0 bridgehead atoms. The van der Waals surface area contributed by atoms with Gasteiger partial charge >= 0.3 is 0 Å². The first kappa shape index (κ1) is 13.8. The molecule has 0 radical (unpaired) electrons. The van der Waals surface area contributed by atoms with E-state index in [0.717, 1.165) is 19.4 Å².